The third-order valence-corrected chi connectivity index (χ3v) is 7.47. The fourth-order valence-corrected chi connectivity index (χ4v) is 5.41. The van der Waals surface area contributed by atoms with Crippen LogP contribution in [0.3, 0.4) is 0 Å². The van der Waals surface area contributed by atoms with E-state index in [1.165, 1.54) is 11.8 Å². The van der Waals surface area contributed by atoms with Crippen LogP contribution >= 0.6 is 12.2 Å². The molecule has 2 unspecified atom stereocenters. The molecule has 196 valence electrons. The van der Waals surface area contributed by atoms with Gasteiger partial charge in [0.05, 0.1) is 18.0 Å². The number of hydrazone groups is 1. The maximum absolute atomic E-state index is 12.7. The van der Waals surface area contributed by atoms with Crippen molar-refractivity contribution in [3.05, 3.63) is 89.4 Å². The molecule has 1 saturated carbocycles. The number of anilines is 2. The van der Waals surface area contributed by atoms with E-state index in [1.54, 1.807) is 12.1 Å². The largest absolute Gasteiger partial charge is 0.459 e. The minimum absolute atomic E-state index is 0.106. The van der Waals surface area contributed by atoms with Crippen molar-refractivity contribution in [3.63, 3.8) is 0 Å². The van der Waals surface area contributed by atoms with Gasteiger partial charge in [0, 0.05) is 45.5 Å². The molecule has 2 heterocycles. The Morgan fingerprint density at radius 3 is 2.29 bits per heavy atom. The molecule has 2 aromatic carbocycles. The molecule has 1 aliphatic carbocycles. The van der Waals surface area contributed by atoms with Gasteiger partial charge in [-0.15, -0.1) is 0 Å². The molecule has 8 heteroatoms. The van der Waals surface area contributed by atoms with E-state index < -0.39 is 0 Å². The van der Waals surface area contributed by atoms with Crippen LogP contribution in [0.5, 0.6) is 0 Å². The van der Waals surface area contributed by atoms with Crippen LogP contribution in [-0.4, -0.2) is 49.9 Å². The van der Waals surface area contributed by atoms with E-state index in [2.05, 4.69) is 69.7 Å². The topological polar surface area (TPSA) is 64.3 Å². The number of thiocarbonyl (C=S) groups is 1. The smallest absolute Gasteiger partial charge is 0.293 e. The summed E-state index contributed by atoms with van der Waals surface area (Å²) in [4.78, 5) is 16.9. The number of furan rings is 1. The standard InChI is InChI=1S/C30H33N5O2S/c1-33(2)23-14-10-20(11-15-23)19-22-7-5-8-25-27(22)32-35(30(38)31-29(36)26-9-6-18-37-26)28(25)21-12-16-24(17-13-21)34(3)4/h6,9-19,25,28H,5,7-8H2,1-4H3,(H,31,36,38)/b22-19-. The molecule has 0 saturated heterocycles. The van der Waals surface area contributed by atoms with Gasteiger partial charge in [-0.2, -0.15) is 5.10 Å². The first-order chi connectivity index (χ1) is 18.3. The van der Waals surface area contributed by atoms with Crippen molar-refractivity contribution in [1.82, 2.24) is 10.3 Å². The number of nitrogens with one attached hydrogen (secondary N) is 1. The third-order valence-electron chi connectivity index (χ3n) is 7.18. The van der Waals surface area contributed by atoms with Crippen molar-refractivity contribution < 1.29 is 9.21 Å². The van der Waals surface area contributed by atoms with E-state index in [1.807, 2.05) is 33.2 Å². The average Bonchev–Trinajstić information content (AvgIpc) is 3.58. The van der Waals surface area contributed by atoms with E-state index >= 15 is 0 Å². The molecule has 1 N–H and O–H groups in total. The highest BCUT2D eigenvalue weighted by molar-refractivity contribution is 7.80. The van der Waals surface area contributed by atoms with Gasteiger partial charge in [-0.05, 0) is 90.7 Å². The van der Waals surface area contributed by atoms with Gasteiger partial charge in [0.1, 0.15) is 0 Å². The van der Waals surface area contributed by atoms with Gasteiger partial charge in [-0.1, -0.05) is 24.3 Å². The fourth-order valence-electron chi connectivity index (χ4n) is 5.16. The molecule has 7 nitrogen and oxygen atoms in total. The zero-order chi connectivity index (χ0) is 26.8. The summed E-state index contributed by atoms with van der Waals surface area (Å²) in [5.74, 6) is -0.00139. The van der Waals surface area contributed by atoms with Crippen LogP contribution in [0.1, 0.15) is 47.0 Å². The van der Waals surface area contributed by atoms with Gasteiger partial charge in [-0.25, -0.2) is 5.01 Å². The molecule has 2 atom stereocenters. The predicted molar refractivity (Wildman–Crippen MR) is 158 cm³/mol. The molecule has 1 aliphatic heterocycles. The molecule has 1 aromatic heterocycles. The summed E-state index contributed by atoms with van der Waals surface area (Å²) in [5, 5.41) is 9.97. The number of benzene rings is 2. The van der Waals surface area contributed by atoms with Crippen LogP contribution < -0.4 is 15.1 Å². The summed E-state index contributed by atoms with van der Waals surface area (Å²) >= 11 is 5.75. The number of amides is 1. The number of nitrogens with zero attached hydrogens (tertiary/aromatic N) is 4. The van der Waals surface area contributed by atoms with Crippen LogP contribution in [0, 0.1) is 5.92 Å². The van der Waals surface area contributed by atoms with Crippen molar-refractivity contribution in [3.8, 4) is 0 Å². The van der Waals surface area contributed by atoms with Crippen LogP contribution in [0.2, 0.25) is 0 Å². The zero-order valence-electron chi connectivity index (χ0n) is 22.2. The minimum Gasteiger partial charge on any atom is -0.459 e. The van der Waals surface area contributed by atoms with E-state index in [-0.39, 0.29) is 28.7 Å². The number of carbonyl (C=O) groups is 1. The Balaban J connectivity index is 1.49. The Bertz CT molecular complexity index is 1360. The molecule has 38 heavy (non-hydrogen) atoms. The highest BCUT2D eigenvalue weighted by Gasteiger charge is 2.43. The van der Waals surface area contributed by atoms with Crippen LogP contribution in [0.25, 0.3) is 6.08 Å². The molecule has 0 spiro atoms. The van der Waals surface area contributed by atoms with E-state index in [0.29, 0.717) is 0 Å². The maximum atomic E-state index is 12.7. The molecule has 5 rings (SSSR count). The van der Waals surface area contributed by atoms with E-state index in [4.69, 9.17) is 21.7 Å². The summed E-state index contributed by atoms with van der Waals surface area (Å²) in [6.07, 6.45) is 6.74. The normalized spacial score (nSPS) is 19.6. The summed E-state index contributed by atoms with van der Waals surface area (Å²) in [6.45, 7) is 0. The number of allylic oxidation sites excluding steroid dienone is 1. The maximum Gasteiger partial charge on any atom is 0.293 e. The third kappa shape index (κ3) is 5.22. The second-order valence-electron chi connectivity index (χ2n) is 10.2. The Hall–Kier alpha value is -3.91. The lowest BCUT2D eigenvalue weighted by Gasteiger charge is -2.31. The predicted octanol–water partition coefficient (Wildman–Crippen LogP) is 5.72. The van der Waals surface area contributed by atoms with Crippen molar-refractivity contribution >= 4 is 46.4 Å². The van der Waals surface area contributed by atoms with Crippen molar-refractivity contribution in [2.45, 2.75) is 25.3 Å². The molecular weight excluding hydrogens is 494 g/mol. The number of hydrogen-bond acceptors (Lipinski definition) is 6. The first kappa shape index (κ1) is 25.7. The molecular formula is C30H33N5O2S. The molecule has 0 radical (unpaired) electrons. The number of carbonyl (C=O) groups excluding carboxylic acids is 1. The second kappa shape index (κ2) is 10.8. The summed E-state index contributed by atoms with van der Waals surface area (Å²) in [7, 11) is 8.14. The number of fused-ring (bicyclic) bond motifs is 1. The lowest BCUT2D eigenvalue weighted by atomic mass is 9.77. The van der Waals surface area contributed by atoms with Crippen LogP contribution in [0.15, 0.2) is 82.0 Å². The second-order valence-corrected chi connectivity index (χ2v) is 10.5. The van der Waals surface area contributed by atoms with Gasteiger partial charge < -0.3 is 14.2 Å². The zero-order valence-corrected chi connectivity index (χ0v) is 23.0. The first-order valence-electron chi connectivity index (χ1n) is 12.8. The fraction of sp³-hybridized carbons (Fsp3) is 0.300. The highest BCUT2D eigenvalue weighted by atomic mass is 32.1. The lowest BCUT2D eigenvalue weighted by Crippen LogP contribution is -2.41. The van der Waals surface area contributed by atoms with Crippen LogP contribution in [-0.2, 0) is 0 Å². The molecule has 3 aromatic rings. The van der Waals surface area contributed by atoms with Gasteiger partial charge in [-0.3, -0.25) is 10.1 Å². The molecule has 1 amide bonds. The Kier molecular flexibility index (Phi) is 7.33. The van der Waals surface area contributed by atoms with Crippen molar-refractivity contribution in [2.24, 2.45) is 11.0 Å². The number of rotatable bonds is 5. The number of hydrogen-bond donors (Lipinski definition) is 1. The van der Waals surface area contributed by atoms with Crippen molar-refractivity contribution in [2.75, 3.05) is 38.0 Å². The van der Waals surface area contributed by atoms with Gasteiger partial charge in [0.25, 0.3) is 5.91 Å². The Labute approximate surface area is 229 Å². The molecule has 0 bridgehead atoms. The van der Waals surface area contributed by atoms with Gasteiger partial charge >= 0.3 is 0 Å². The summed E-state index contributed by atoms with van der Waals surface area (Å²) in [5.41, 5.74) is 6.81. The highest BCUT2D eigenvalue weighted by Crippen LogP contribution is 2.44. The summed E-state index contributed by atoms with van der Waals surface area (Å²) in [6, 6.07) is 20.2. The van der Waals surface area contributed by atoms with Crippen molar-refractivity contribution in [1.29, 1.82) is 0 Å². The monoisotopic (exact) mass is 527 g/mol. The lowest BCUT2D eigenvalue weighted by molar-refractivity contribution is 0.0944. The van der Waals surface area contributed by atoms with Gasteiger partial charge in [0.2, 0.25) is 0 Å². The molecule has 2 aliphatic rings. The first-order valence-corrected chi connectivity index (χ1v) is 13.2. The summed E-state index contributed by atoms with van der Waals surface area (Å²) < 4.78 is 5.26. The Morgan fingerprint density at radius 1 is 1.03 bits per heavy atom. The van der Waals surface area contributed by atoms with Gasteiger partial charge in [0.15, 0.2) is 10.9 Å². The average molecular weight is 528 g/mol. The SMILES string of the molecule is CN(C)c1ccc(/C=C2/CCCC3C2=NN(C(=S)NC(=O)c2ccco2)C3c2ccc(N(C)C)cc2)cc1. The van der Waals surface area contributed by atoms with Crippen LogP contribution in [0.4, 0.5) is 11.4 Å². The minimum atomic E-state index is -0.381. The quantitative estimate of drug-likeness (QED) is 0.428. The van der Waals surface area contributed by atoms with E-state index in [0.717, 1.165) is 47.5 Å². The Morgan fingerprint density at radius 2 is 1.68 bits per heavy atom. The van der Waals surface area contributed by atoms with E-state index in [9.17, 15) is 4.79 Å². The molecule has 1 fully saturated rings.